The Bertz CT molecular complexity index is 494. The van der Waals surface area contributed by atoms with Gasteiger partial charge in [-0.3, -0.25) is 14.9 Å². The van der Waals surface area contributed by atoms with Crippen molar-refractivity contribution < 1.29 is 18.5 Å². The molecule has 0 spiro atoms. The summed E-state index contributed by atoms with van der Waals surface area (Å²) in [6.45, 7) is 1.65. The molecule has 18 heavy (non-hydrogen) atoms. The van der Waals surface area contributed by atoms with Gasteiger partial charge in [0.15, 0.2) is 0 Å². The Labute approximate surface area is 101 Å². The molecule has 6 nitrogen and oxygen atoms in total. The van der Waals surface area contributed by atoms with E-state index in [1.165, 1.54) is 0 Å². The third-order valence-corrected chi connectivity index (χ3v) is 2.27. The maximum absolute atomic E-state index is 13.3. The molecule has 1 aromatic carbocycles. The van der Waals surface area contributed by atoms with Crippen LogP contribution in [0.1, 0.15) is 13.3 Å². The lowest BCUT2D eigenvalue weighted by Gasteiger charge is -2.10. The first-order valence-corrected chi connectivity index (χ1v) is 5.06. The fourth-order valence-electron chi connectivity index (χ4n) is 1.18. The van der Waals surface area contributed by atoms with Gasteiger partial charge >= 0.3 is 5.69 Å². The number of carbonyl (C=O) groups is 1. The molecule has 0 aliphatic heterocycles. The van der Waals surface area contributed by atoms with E-state index in [1.807, 2.05) is 0 Å². The quantitative estimate of drug-likeness (QED) is 0.633. The maximum atomic E-state index is 13.3. The first-order chi connectivity index (χ1) is 8.36. The molecule has 8 heteroatoms. The zero-order valence-electron chi connectivity index (χ0n) is 9.44. The lowest BCUT2D eigenvalue weighted by molar-refractivity contribution is -0.387. The smallest absolute Gasteiger partial charge is 0.307 e. The second-order valence-corrected chi connectivity index (χ2v) is 3.54. The molecule has 1 atom stereocenters. The van der Waals surface area contributed by atoms with Crippen LogP contribution in [0, 0.1) is 21.7 Å². The summed E-state index contributed by atoms with van der Waals surface area (Å²) in [5.41, 5.74) is 4.01. The predicted octanol–water partition coefficient (Wildman–Crippen LogP) is 1.55. The van der Waals surface area contributed by atoms with Crippen LogP contribution in [0.2, 0.25) is 0 Å². The third-order valence-electron chi connectivity index (χ3n) is 2.27. The van der Waals surface area contributed by atoms with Crippen molar-refractivity contribution in [3.05, 3.63) is 33.9 Å². The second kappa shape index (κ2) is 5.50. The van der Waals surface area contributed by atoms with E-state index in [0.717, 1.165) is 0 Å². The zero-order valence-corrected chi connectivity index (χ0v) is 9.44. The molecule has 0 aromatic heterocycles. The van der Waals surface area contributed by atoms with Gasteiger partial charge in [-0.1, -0.05) is 6.92 Å². The van der Waals surface area contributed by atoms with Gasteiger partial charge in [-0.2, -0.15) is 4.39 Å². The topological polar surface area (TPSA) is 98.3 Å². The summed E-state index contributed by atoms with van der Waals surface area (Å²) in [6, 6.07) is 0.0874. The van der Waals surface area contributed by atoms with E-state index < -0.39 is 39.9 Å². The summed E-state index contributed by atoms with van der Waals surface area (Å²) in [6.07, 6.45) is 0.316. The van der Waals surface area contributed by atoms with Crippen molar-refractivity contribution >= 4 is 17.3 Å². The summed E-state index contributed by atoms with van der Waals surface area (Å²) < 4.78 is 26.3. The summed E-state index contributed by atoms with van der Waals surface area (Å²) in [5.74, 6) is -3.11. The summed E-state index contributed by atoms with van der Waals surface area (Å²) in [5, 5.41) is 12.5. The number of hydrogen-bond donors (Lipinski definition) is 2. The highest BCUT2D eigenvalue weighted by Crippen LogP contribution is 2.25. The number of rotatable bonds is 4. The average Bonchev–Trinajstić information content (AvgIpc) is 2.30. The Morgan fingerprint density at radius 1 is 1.50 bits per heavy atom. The minimum absolute atomic E-state index is 0.316. The monoisotopic (exact) mass is 259 g/mol. The fraction of sp³-hybridized carbons (Fsp3) is 0.300. The number of carbonyl (C=O) groups excluding carboxylic acids is 1. The Hall–Kier alpha value is -2.09. The highest BCUT2D eigenvalue weighted by atomic mass is 19.1. The van der Waals surface area contributed by atoms with Gasteiger partial charge in [0.2, 0.25) is 11.7 Å². The van der Waals surface area contributed by atoms with Crippen LogP contribution in [0.5, 0.6) is 0 Å². The van der Waals surface area contributed by atoms with Crippen molar-refractivity contribution in [2.75, 3.05) is 5.32 Å². The van der Waals surface area contributed by atoms with Crippen LogP contribution in [0.25, 0.3) is 0 Å². The molecule has 0 radical (unpaired) electrons. The molecule has 0 saturated carbocycles. The molecule has 0 bridgehead atoms. The van der Waals surface area contributed by atoms with Gasteiger partial charge in [-0.05, 0) is 6.42 Å². The van der Waals surface area contributed by atoms with Crippen LogP contribution in [-0.2, 0) is 4.79 Å². The highest BCUT2D eigenvalue weighted by Gasteiger charge is 2.20. The van der Waals surface area contributed by atoms with Crippen LogP contribution in [-0.4, -0.2) is 16.9 Å². The SMILES string of the molecule is CC[C@@H](N)C(=O)Nc1cc([N+](=O)[O-])c(F)cc1F. The first-order valence-electron chi connectivity index (χ1n) is 5.06. The van der Waals surface area contributed by atoms with Crippen molar-refractivity contribution in [1.29, 1.82) is 0 Å². The number of halogens is 2. The van der Waals surface area contributed by atoms with Crippen LogP contribution in [0.3, 0.4) is 0 Å². The minimum Gasteiger partial charge on any atom is -0.322 e. The molecule has 98 valence electrons. The molecule has 0 heterocycles. The average molecular weight is 259 g/mol. The van der Waals surface area contributed by atoms with Crippen molar-refractivity contribution in [3.8, 4) is 0 Å². The van der Waals surface area contributed by atoms with E-state index in [4.69, 9.17) is 5.73 Å². The number of benzene rings is 1. The first kappa shape index (κ1) is 14.0. The molecule has 0 saturated heterocycles. The highest BCUT2D eigenvalue weighted by molar-refractivity contribution is 5.95. The van der Waals surface area contributed by atoms with Crippen molar-refractivity contribution in [3.63, 3.8) is 0 Å². The number of nitro benzene ring substituents is 1. The van der Waals surface area contributed by atoms with Gasteiger partial charge in [0.25, 0.3) is 0 Å². The van der Waals surface area contributed by atoms with E-state index in [1.54, 1.807) is 6.92 Å². The molecule has 1 amide bonds. The molecule has 3 N–H and O–H groups in total. The van der Waals surface area contributed by atoms with E-state index >= 15 is 0 Å². The van der Waals surface area contributed by atoms with Crippen molar-refractivity contribution in [1.82, 2.24) is 0 Å². The largest absolute Gasteiger partial charge is 0.322 e. The number of nitrogens with zero attached hydrogens (tertiary/aromatic N) is 1. The third kappa shape index (κ3) is 2.98. The van der Waals surface area contributed by atoms with Gasteiger partial charge in [-0.15, -0.1) is 0 Å². The Morgan fingerprint density at radius 2 is 2.11 bits per heavy atom. The molecule has 0 aliphatic carbocycles. The van der Waals surface area contributed by atoms with E-state index in [-0.39, 0.29) is 0 Å². The Balaban J connectivity index is 3.06. The van der Waals surface area contributed by atoms with Gasteiger partial charge < -0.3 is 11.1 Å². The Morgan fingerprint density at radius 3 is 2.61 bits per heavy atom. The van der Waals surface area contributed by atoms with Crippen LogP contribution < -0.4 is 11.1 Å². The van der Waals surface area contributed by atoms with Crippen LogP contribution >= 0.6 is 0 Å². The maximum Gasteiger partial charge on any atom is 0.307 e. The number of nitrogens with one attached hydrogen (secondary N) is 1. The van der Waals surface area contributed by atoms with Gasteiger partial charge in [0, 0.05) is 12.1 Å². The molecule has 0 fully saturated rings. The van der Waals surface area contributed by atoms with E-state index in [2.05, 4.69) is 5.32 Å². The molecular formula is C10H11F2N3O3. The normalized spacial score (nSPS) is 12.0. The van der Waals surface area contributed by atoms with Crippen LogP contribution in [0.15, 0.2) is 12.1 Å². The van der Waals surface area contributed by atoms with E-state index in [9.17, 15) is 23.7 Å². The number of amides is 1. The van der Waals surface area contributed by atoms with Gasteiger partial charge in [0.1, 0.15) is 5.82 Å². The van der Waals surface area contributed by atoms with Crippen molar-refractivity contribution in [2.24, 2.45) is 5.73 Å². The Kier molecular flexibility index (Phi) is 4.27. The minimum atomic E-state index is -1.31. The summed E-state index contributed by atoms with van der Waals surface area (Å²) in [4.78, 5) is 20.9. The predicted molar refractivity (Wildman–Crippen MR) is 59.9 cm³/mol. The number of anilines is 1. The molecule has 1 aromatic rings. The zero-order chi connectivity index (χ0) is 13.9. The number of hydrogen-bond acceptors (Lipinski definition) is 4. The van der Waals surface area contributed by atoms with Gasteiger partial charge in [-0.25, -0.2) is 4.39 Å². The number of nitro groups is 1. The number of nitrogens with two attached hydrogens (primary N) is 1. The molecule has 1 rings (SSSR count). The molecular weight excluding hydrogens is 248 g/mol. The second-order valence-electron chi connectivity index (χ2n) is 3.54. The van der Waals surface area contributed by atoms with Crippen LogP contribution in [0.4, 0.5) is 20.2 Å². The van der Waals surface area contributed by atoms with Crippen molar-refractivity contribution in [2.45, 2.75) is 19.4 Å². The lowest BCUT2D eigenvalue weighted by atomic mass is 10.2. The summed E-state index contributed by atoms with van der Waals surface area (Å²) >= 11 is 0. The molecule has 0 aliphatic rings. The lowest BCUT2D eigenvalue weighted by Crippen LogP contribution is -2.35. The molecule has 0 unspecified atom stereocenters. The summed E-state index contributed by atoms with van der Waals surface area (Å²) in [7, 11) is 0. The van der Waals surface area contributed by atoms with E-state index in [0.29, 0.717) is 18.6 Å². The standard InChI is InChI=1S/C10H11F2N3O3/c1-2-7(13)10(16)14-8-4-9(15(17)18)6(12)3-5(8)11/h3-4,7H,2,13H2,1H3,(H,14,16)/t7-/m1/s1. The van der Waals surface area contributed by atoms with Gasteiger partial charge in [0.05, 0.1) is 16.7 Å². The fourth-order valence-corrected chi connectivity index (χ4v) is 1.18.